The number of hydrogen-bond donors (Lipinski definition) is 0. The molecule has 3 aliphatic heterocycles. The first-order valence-corrected chi connectivity index (χ1v) is 6.15. The van der Waals surface area contributed by atoms with Crippen LogP contribution in [0.15, 0.2) is 0 Å². The summed E-state index contributed by atoms with van der Waals surface area (Å²) >= 11 is 0. The van der Waals surface area contributed by atoms with Gasteiger partial charge in [0.05, 0.1) is 6.61 Å². The highest BCUT2D eigenvalue weighted by Crippen LogP contribution is 2.39. The fourth-order valence-electron chi connectivity index (χ4n) is 2.64. The normalized spacial score (nSPS) is 45.0. The molecule has 0 bridgehead atoms. The molecule has 0 aliphatic carbocycles. The van der Waals surface area contributed by atoms with Gasteiger partial charge in [0.2, 0.25) is 0 Å². The summed E-state index contributed by atoms with van der Waals surface area (Å²) in [7, 11) is 0. The zero-order chi connectivity index (χ0) is 13.1. The SMILES string of the molecule is CC1(C)OCC([C@H]2OC(=O)[C@H]3OC(C)(C)O[C@H]32)O1. The van der Waals surface area contributed by atoms with Gasteiger partial charge in [-0.25, -0.2) is 4.79 Å². The van der Waals surface area contributed by atoms with Crippen LogP contribution >= 0.6 is 0 Å². The molecule has 0 radical (unpaired) electrons. The maximum atomic E-state index is 11.7. The molecule has 0 amide bonds. The van der Waals surface area contributed by atoms with E-state index in [1.807, 2.05) is 13.8 Å². The van der Waals surface area contributed by atoms with E-state index in [4.69, 9.17) is 23.7 Å². The predicted molar refractivity (Wildman–Crippen MR) is 58.6 cm³/mol. The van der Waals surface area contributed by atoms with Gasteiger partial charge in [0.15, 0.2) is 23.8 Å². The molecule has 6 heteroatoms. The largest absolute Gasteiger partial charge is 0.455 e. The van der Waals surface area contributed by atoms with E-state index in [0.717, 1.165) is 0 Å². The van der Waals surface area contributed by atoms with E-state index < -0.39 is 29.9 Å². The van der Waals surface area contributed by atoms with Crippen molar-refractivity contribution in [2.45, 2.75) is 63.7 Å². The molecule has 6 nitrogen and oxygen atoms in total. The summed E-state index contributed by atoms with van der Waals surface area (Å²) in [4.78, 5) is 11.7. The molecular weight excluding hydrogens is 240 g/mol. The molecule has 0 aromatic heterocycles. The molecule has 3 aliphatic rings. The Kier molecular flexibility index (Phi) is 2.51. The molecule has 0 aromatic carbocycles. The van der Waals surface area contributed by atoms with Crippen LogP contribution in [0.2, 0.25) is 0 Å². The molecule has 3 saturated heterocycles. The lowest BCUT2D eigenvalue weighted by molar-refractivity contribution is -0.200. The average Bonchev–Trinajstić information content (AvgIpc) is 2.81. The topological polar surface area (TPSA) is 63.2 Å². The lowest BCUT2D eigenvalue weighted by Gasteiger charge is -2.25. The zero-order valence-electron chi connectivity index (χ0n) is 11.0. The van der Waals surface area contributed by atoms with Gasteiger partial charge in [-0.2, -0.15) is 0 Å². The molecule has 102 valence electrons. The van der Waals surface area contributed by atoms with Gasteiger partial charge in [0.25, 0.3) is 0 Å². The first kappa shape index (κ1) is 12.3. The number of rotatable bonds is 1. The summed E-state index contributed by atoms with van der Waals surface area (Å²) in [5.41, 5.74) is 0. The Bertz CT molecular complexity index is 377. The molecule has 3 fully saturated rings. The molecule has 0 saturated carbocycles. The average molecular weight is 258 g/mol. The van der Waals surface area contributed by atoms with Gasteiger partial charge in [-0.1, -0.05) is 0 Å². The second kappa shape index (κ2) is 3.66. The Labute approximate surface area is 105 Å². The van der Waals surface area contributed by atoms with Crippen LogP contribution < -0.4 is 0 Å². The third-order valence-electron chi connectivity index (χ3n) is 3.33. The number of fused-ring (bicyclic) bond motifs is 1. The minimum atomic E-state index is -0.762. The van der Waals surface area contributed by atoms with Gasteiger partial charge >= 0.3 is 5.97 Å². The van der Waals surface area contributed by atoms with Gasteiger partial charge in [0.1, 0.15) is 12.2 Å². The number of ether oxygens (including phenoxy) is 5. The number of carbonyl (C=O) groups excluding carboxylic acids is 1. The van der Waals surface area contributed by atoms with E-state index in [1.54, 1.807) is 13.8 Å². The highest BCUT2D eigenvalue weighted by atomic mass is 16.8. The van der Waals surface area contributed by atoms with Crippen molar-refractivity contribution >= 4 is 5.97 Å². The van der Waals surface area contributed by atoms with Crippen molar-refractivity contribution in [3.05, 3.63) is 0 Å². The van der Waals surface area contributed by atoms with Crippen LogP contribution in [0.3, 0.4) is 0 Å². The maximum absolute atomic E-state index is 11.7. The summed E-state index contributed by atoms with van der Waals surface area (Å²) in [6, 6.07) is 0. The van der Waals surface area contributed by atoms with Crippen LogP contribution in [-0.4, -0.2) is 48.6 Å². The summed E-state index contributed by atoms with van der Waals surface area (Å²) < 4.78 is 27.8. The Morgan fingerprint density at radius 2 is 1.72 bits per heavy atom. The van der Waals surface area contributed by atoms with Crippen molar-refractivity contribution in [3.8, 4) is 0 Å². The Balaban J connectivity index is 1.77. The fourth-order valence-corrected chi connectivity index (χ4v) is 2.64. The van der Waals surface area contributed by atoms with Crippen LogP contribution in [0.5, 0.6) is 0 Å². The summed E-state index contributed by atoms with van der Waals surface area (Å²) in [5.74, 6) is -1.80. The van der Waals surface area contributed by atoms with Crippen molar-refractivity contribution in [3.63, 3.8) is 0 Å². The van der Waals surface area contributed by atoms with E-state index in [9.17, 15) is 4.79 Å². The number of carbonyl (C=O) groups is 1. The van der Waals surface area contributed by atoms with Crippen molar-refractivity contribution in [2.24, 2.45) is 0 Å². The summed E-state index contributed by atoms with van der Waals surface area (Å²) in [6.45, 7) is 7.61. The Morgan fingerprint density at radius 3 is 2.33 bits per heavy atom. The van der Waals surface area contributed by atoms with Crippen molar-refractivity contribution in [1.82, 2.24) is 0 Å². The number of hydrogen-bond acceptors (Lipinski definition) is 6. The van der Waals surface area contributed by atoms with E-state index in [1.165, 1.54) is 0 Å². The lowest BCUT2D eigenvalue weighted by atomic mass is 10.1. The van der Waals surface area contributed by atoms with E-state index in [0.29, 0.717) is 6.61 Å². The van der Waals surface area contributed by atoms with Crippen LogP contribution in [0.1, 0.15) is 27.7 Å². The molecule has 0 spiro atoms. The van der Waals surface area contributed by atoms with E-state index >= 15 is 0 Å². The Hall–Kier alpha value is -0.690. The van der Waals surface area contributed by atoms with Crippen LogP contribution in [0.4, 0.5) is 0 Å². The molecule has 3 heterocycles. The third kappa shape index (κ3) is 1.93. The third-order valence-corrected chi connectivity index (χ3v) is 3.33. The second-order valence-electron chi connectivity index (χ2n) is 5.79. The predicted octanol–water partition coefficient (Wildman–Crippen LogP) is 0.583. The monoisotopic (exact) mass is 258 g/mol. The van der Waals surface area contributed by atoms with Crippen molar-refractivity contribution in [1.29, 1.82) is 0 Å². The van der Waals surface area contributed by atoms with Crippen molar-refractivity contribution < 1.29 is 28.5 Å². The van der Waals surface area contributed by atoms with Gasteiger partial charge in [-0.3, -0.25) is 0 Å². The van der Waals surface area contributed by atoms with Gasteiger partial charge in [0, 0.05) is 0 Å². The van der Waals surface area contributed by atoms with Gasteiger partial charge < -0.3 is 23.7 Å². The molecule has 4 atom stereocenters. The van der Waals surface area contributed by atoms with Crippen molar-refractivity contribution in [2.75, 3.05) is 6.61 Å². The minimum Gasteiger partial charge on any atom is -0.455 e. The standard InChI is InChI=1S/C12H18O6/c1-11(2)14-5-6(16-11)7-8-9(10(13)15-7)18-12(3,4)17-8/h6-9H,5H2,1-4H3/t6?,7-,8+,9+/m1/s1. The van der Waals surface area contributed by atoms with E-state index in [2.05, 4.69) is 0 Å². The summed E-state index contributed by atoms with van der Waals surface area (Å²) in [6.07, 6.45) is -1.85. The van der Waals surface area contributed by atoms with Crippen LogP contribution in [-0.2, 0) is 28.5 Å². The number of cyclic esters (lactones) is 1. The highest BCUT2D eigenvalue weighted by Gasteiger charge is 2.59. The molecule has 0 N–H and O–H groups in total. The highest BCUT2D eigenvalue weighted by molar-refractivity contribution is 5.78. The molecular formula is C12H18O6. The minimum absolute atomic E-state index is 0.309. The first-order chi connectivity index (χ1) is 8.27. The van der Waals surface area contributed by atoms with Gasteiger partial charge in [-0.05, 0) is 27.7 Å². The quantitative estimate of drug-likeness (QED) is 0.641. The van der Waals surface area contributed by atoms with E-state index in [-0.39, 0.29) is 12.1 Å². The lowest BCUT2D eigenvalue weighted by Crippen LogP contribution is -2.40. The molecule has 18 heavy (non-hydrogen) atoms. The molecule has 0 aromatic rings. The smallest absolute Gasteiger partial charge is 0.338 e. The Morgan fingerprint density at radius 1 is 1.00 bits per heavy atom. The zero-order valence-corrected chi connectivity index (χ0v) is 11.0. The first-order valence-electron chi connectivity index (χ1n) is 6.15. The fraction of sp³-hybridized carbons (Fsp3) is 0.917. The van der Waals surface area contributed by atoms with Gasteiger partial charge in [-0.15, -0.1) is 0 Å². The summed E-state index contributed by atoms with van der Waals surface area (Å²) in [5, 5.41) is 0. The van der Waals surface area contributed by atoms with Crippen LogP contribution in [0, 0.1) is 0 Å². The molecule has 1 unspecified atom stereocenters. The maximum Gasteiger partial charge on any atom is 0.338 e. The van der Waals surface area contributed by atoms with Crippen LogP contribution in [0.25, 0.3) is 0 Å². The number of esters is 1. The molecule has 3 rings (SSSR count). The second-order valence-corrected chi connectivity index (χ2v) is 5.79.